The molecule has 0 aliphatic rings. The summed E-state index contributed by atoms with van der Waals surface area (Å²) in [5.74, 6) is -0.120. The van der Waals surface area contributed by atoms with Crippen LogP contribution in [-0.4, -0.2) is 38.3 Å². The van der Waals surface area contributed by atoms with Crippen molar-refractivity contribution in [2.75, 3.05) is 17.3 Å². The van der Waals surface area contributed by atoms with Crippen molar-refractivity contribution in [2.45, 2.75) is 19.4 Å². The Morgan fingerprint density at radius 3 is 2.89 bits per heavy atom. The van der Waals surface area contributed by atoms with Gasteiger partial charge in [0.1, 0.15) is 11.4 Å². The van der Waals surface area contributed by atoms with Crippen LogP contribution in [0, 0.1) is 0 Å². The van der Waals surface area contributed by atoms with Gasteiger partial charge >= 0.3 is 5.97 Å². The molecule has 5 nitrogen and oxygen atoms in total. The molecule has 0 aliphatic heterocycles. The van der Waals surface area contributed by atoms with Gasteiger partial charge in [0.2, 0.25) is 0 Å². The van der Waals surface area contributed by atoms with Crippen LogP contribution in [0.4, 0.5) is 5.82 Å². The average Bonchev–Trinajstić information content (AvgIpc) is 2.28. The molecule has 0 radical (unpaired) electrons. The Hall–Kier alpha value is -0.950. The van der Waals surface area contributed by atoms with Crippen LogP contribution in [0.25, 0.3) is 0 Å². The van der Waals surface area contributed by atoms with Gasteiger partial charge in [-0.2, -0.15) is 0 Å². The summed E-state index contributed by atoms with van der Waals surface area (Å²) in [7, 11) is -0.846. The smallest absolute Gasteiger partial charge is 0.339 e. The maximum absolute atomic E-state index is 11.1. The van der Waals surface area contributed by atoms with Crippen LogP contribution in [-0.2, 0) is 10.8 Å². The lowest BCUT2D eigenvalue weighted by Gasteiger charge is -2.15. The fourth-order valence-corrected chi connectivity index (χ4v) is 2.38. The van der Waals surface area contributed by atoms with Gasteiger partial charge in [-0.15, -0.1) is 0 Å². The van der Waals surface area contributed by atoms with Gasteiger partial charge in [-0.1, -0.05) is 0 Å². The first-order chi connectivity index (χ1) is 8.40. The zero-order valence-electron chi connectivity index (χ0n) is 10.1. The molecule has 0 aliphatic carbocycles. The highest BCUT2D eigenvalue weighted by atomic mass is 79.9. The Labute approximate surface area is 117 Å². The largest absolute Gasteiger partial charge is 0.478 e. The zero-order valence-corrected chi connectivity index (χ0v) is 12.5. The van der Waals surface area contributed by atoms with E-state index < -0.39 is 16.8 Å². The topological polar surface area (TPSA) is 79.3 Å². The molecule has 2 N–H and O–H groups in total. The summed E-state index contributed by atoms with van der Waals surface area (Å²) in [4.78, 5) is 15.1. The number of carbonyl (C=O) groups is 1. The first-order valence-electron chi connectivity index (χ1n) is 5.35. The number of carboxylic acids is 1. The summed E-state index contributed by atoms with van der Waals surface area (Å²) < 4.78 is 11.6. The number of carboxylic acid groups (broad SMARTS) is 1. The zero-order chi connectivity index (χ0) is 13.7. The van der Waals surface area contributed by atoms with Gasteiger partial charge in [-0.3, -0.25) is 4.21 Å². The van der Waals surface area contributed by atoms with E-state index in [1.807, 2.05) is 6.92 Å². The van der Waals surface area contributed by atoms with Crippen molar-refractivity contribution < 1.29 is 14.1 Å². The van der Waals surface area contributed by atoms with Crippen molar-refractivity contribution in [1.82, 2.24) is 4.98 Å². The highest BCUT2D eigenvalue weighted by Crippen LogP contribution is 2.19. The Morgan fingerprint density at radius 1 is 1.67 bits per heavy atom. The van der Waals surface area contributed by atoms with E-state index in [2.05, 4.69) is 26.2 Å². The number of aromatic nitrogens is 1. The molecule has 0 amide bonds. The van der Waals surface area contributed by atoms with Crippen molar-refractivity contribution in [3.05, 3.63) is 22.3 Å². The van der Waals surface area contributed by atoms with Gasteiger partial charge < -0.3 is 10.4 Å². The number of hydrogen-bond donors (Lipinski definition) is 2. The molecule has 1 heterocycles. The molecule has 0 aromatic carbocycles. The third kappa shape index (κ3) is 4.73. The van der Waals surface area contributed by atoms with Crippen LogP contribution < -0.4 is 5.32 Å². The number of pyridine rings is 1. The van der Waals surface area contributed by atoms with Gasteiger partial charge in [0.15, 0.2) is 0 Å². The SMILES string of the molecule is CC(CCS(C)=O)Nc1ncc(Br)cc1C(=O)O. The molecule has 2 atom stereocenters. The highest BCUT2D eigenvalue weighted by molar-refractivity contribution is 9.10. The van der Waals surface area contributed by atoms with Crippen LogP contribution in [0.2, 0.25) is 0 Å². The minimum Gasteiger partial charge on any atom is -0.478 e. The second-order valence-electron chi connectivity index (χ2n) is 3.97. The quantitative estimate of drug-likeness (QED) is 0.832. The molecular formula is C11H15BrN2O3S. The lowest BCUT2D eigenvalue weighted by Crippen LogP contribution is -2.20. The second-order valence-corrected chi connectivity index (χ2v) is 6.44. The van der Waals surface area contributed by atoms with E-state index in [1.165, 1.54) is 6.07 Å². The number of nitrogens with one attached hydrogen (secondary N) is 1. The van der Waals surface area contributed by atoms with Crippen molar-refractivity contribution in [3.8, 4) is 0 Å². The fraction of sp³-hybridized carbons (Fsp3) is 0.455. The van der Waals surface area contributed by atoms with Crippen molar-refractivity contribution in [3.63, 3.8) is 0 Å². The maximum atomic E-state index is 11.1. The van der Waals surface area contributed by atoms with Crippen LogP contribution in [0.1, 0.15) is 23.7 Å². The van der Waals surface area contributed by atoms with Gasteiger partial charge in [0, 0.05) is 39.5 Å². The third-order valence-corrected chi connectivity index (χ3v) is 3.55. The molecule has 0 saturated carbocycles. The summed E-state index contributed by atoms with van der Waals surface area (Å²) in [6, 6.07) is 1.52. The van der Waals surface area contributed by atoms with E-state index in [-0.39, 0.29) is 11.6 Å². The molecule has 100 valence electrons. The first-order valence-corrected chi connectivity index (χ1v) is 7.87. The Balaban J connectivity index is 2.77. The van der Waals surface area contributed by atoms with E-state index in [0.717, 1.165) is 0 Å². The normalized spacial score (nSPS) is 13.9. The number of halogens is 1. The second kappa shape index (κ2) is 6.84. The number of nitrogens with zero attached hydrogens (tertiary/aromatic N) is 1. The molecule has 0 spiro atoms. The summed E-state index contributed by atoms with van der Waals surface area (Å²) in [6.07, 6.45) is 3.88. The summed E-state index contributed by atoms with van der Waals surface area (Å²) in [6.45, 7) is 1.90. The molecule has 0 fully saturated rings. The minimum absolute atomic E-state index is 0.0145. The van der Waals surface area contributed by atoms with E-state index >= 15 is 0 Å². The Bertz CT molecular complexity index is 468. The lowest BCUT2D eigenvalue weighted by molar-refractivity contribution is 0.0697. The maximum Gasteiger partial charge on any atom is 0.339 e. The molecule has 18 heavy (non-hydrogen) atoms. The summed E-state index contributed by atoms with van der Waals surface area (Å²) in [5.41, 5.74) is 0.119. The van der Waals surface area contributed by atoms with E-state index in [0.29, 0.717) is 22.5 Å². The lowest BCUT2D eigenvalue weighted by atomic mass is 10.2. The van der Waals surface area contributed by atoms with Crippen molar-refractivity contribution >= 4 is 38.5 Å². The summed E-state index contributed by atoms with van der Waals surface area (Å²) in [5, 5.41) is 12.1. The van der Waals surface area contributed by atoms with E-state index in [1.54, 1.807) is 12.5 Å². The molecule has 2 unspecified atom stereocenters. The molecule has 1 aromatic heterocycles. The number of hydrogen-bond acceptors (Lipinski definition) is 4. The molecule has 1 aromatic rings. The van der Waals surface area contributed by atoms with Crippen molar-refractivity contribution in [1.29, 1.82) is 0 Å². The van der Waals surface area contributed by atoms with Gasteiger partial charge in [0.05, 0.1) is 0 Å². The number of anilines is 1. The van der Waals surface area contributed by atoms with Crippen molar-refractivity contribution in [2.24, 2.45) is 0 Å². The van der Waals surface area contributed by atoms with Crippen LogP contribution in [0.5, 0.6) is 0 Å². The van der Waals surface area contributed by atoms with E-state index in [9.17, 15) is 9.00 Å². The molecule has 7 heteroatoms. The highest BCUT2D eigenvalue weighted by Gasteiger charge is 2.14. The standard InChI is InChI=1S/C11H15BrN2O3S/c1-7(3-4-18(2)17)14-10-9(11(15)16)5-8(12)6-13-10/h5-7H,3-4H2,1-2H3,(H,13,14)(H,15,16). The summed E-state index contributed by atoms with van der Waals surface area (Å²) >= 11 is 3.19. The predicted molar refractivity (Wildman–Crippen MR) is 75.5 cm³/mol. The first kappa shape index (κ1) is 15.1. The predicted octanol–water partition coefficient (Wildman–Crippen LogP) is 2.11. The van der Waals surface area contributed by atoms with Crippen LogP contribution in [0.3, 0.4) is 0 Å². The molecule has 0 bridgehead atoms. The third-order valence-electron chi connectivity index (χ3n) is 2.31. The van der Waals surface area contributed by atoms with Gasteiger partial charge in [-0.05, 0) is 35.3 Å². The number of rotatable bonds is 6. The average molecular weight is 335 g/mol. The monoisotopic (exact) mass is 334 g/mol. The molecule has 1 rings (SSSR count). The fourth-order valence-electron chi connectivity index (χ4n) is 1.37. The Kier molecular flexibility index (Phi) is 5.74. The minimum atomic E-state index is -1.03. The molecular weight excluding hydrogens is 320 g/mol. The number of aromatic carboxylic acids is 1. The van der Waals surface area contributed by atoms with Crippen LogP contribution >= 0.6 is 15.9 Å². The molecule has 0 saturated heterocycles. The van der Waals surface area contributed by atoms with Gasteiger partial charge in [-0.25, -0.2) is 9.78 Å². The van der Waals surface area contributed by atoms with Gasteiger partial charge in [0.25, 0.3) is 0 Å². The van der Waals surface area contributed by atoms with E-state index in [4.69, 9.17) is 5.11 Å². The van der Waals surface area contributed by atoms with Crippen LogP contribution in [0.15, 0.2) is 16.7 Å². The Morgan fingerprint density at radius 2 is 2.33 bits per heavy atom.